The highest BCUT2D eigenvalue weighted by atomic mass is 32.2. The minimum atomic E-state index is -0.327. The van der Waals surface area contributed by atoms with Gasteiger partial charge in [0.25, 0.3) is 0 Å². The van der Waals surface area contributed by atoms with Gasteiger partial charge in [-0.25, -0.2) is 0 Å². The predicted octanol–water partition coefficient (Wildman–Crippen LogP) is 7.30. The van der Waals surface area contributed by atoms with Crippen LogP contribution in [0.2, 0.25) is 0 Å². The third-order valence-corrected chi connectivity index (χ3v) is 7.86. The summed E-state index contributed by atoms with van der Waals surface area (Å²) in [4.78, 5) is 13.2. The zero-order valence-corrected chi connectivity index (χ0v) is 19.3. The molecule has 0 fully saturated rings. The molecule has 0 aromatic heterocycles. The first-order valence-corrected chi connectivity index (χ1v) is 10.7. The van der Waals surface area contributed by atoms with Crippen molar-refractivity contribution in [2.75, 3.05) is 0 Å². The lowest BCUT2D eigenvalue weighted by Gasteiger charge is -2.49. The Morgan fingerprint density at radius 2 is 1.21 bits per heavy atom. The molecule has 0 bridgehead atoms. The fourth-order valence-corrected chi connectivity index (χ4v) is 5.61. The zero-order chi connectivity index (χ0) is 19.5. The first-order chi connectivity index (χ1) is 10.7. The lowest BCUT2D eigenvalue weighted by Crippen LogP contribution is -2.47. The summed E-state index contributed by atoms with van der Waals surface area (Å²) in [5.41, 5.74) is -0.352. The summed E-state index contributed by atoms with van der Waals surface area (Å²) in [5, 5.41) is 0.754. The van der Waals surface area contributed by atoms with Crippen LogP contribution in [0.15, 0.2) is 0 Å². The van der Waals surface area contributed by atoms with Gasteiger partial charge in [0.2, 0.25) is 0 Å². The fourth-order valence-electron chi connectivity index (χ4n) is 4.29. The van der Waals surface area contributed by atoms with Crippen molar-refractivity contribution in [2.45, 2.75) is 94.8 Å². The molecule has 0 aromatic rings. The Morgan fingerprint density at radius 3 is 1.54 bits per heavy atom. The van der Waals surface area contributed by atoms with Crippen LogP contribution in [0.5, 0.6) is 0 Å². The van der Waals surface area contributed by atoms with Crippen molar-refractivity contribution < 1.29 is 4.79 Å². The smallest absolute Gasteiger partial charge is 0.195 e. The van der Waals surface area contributed by atoms with Crippen molar-refractivity contribution in [2.24, 2.45) is 40.4 Å². The number of carbonyl (C=O) groups excluding carboxylic acids is 1. The van der Waals surface area contributed by atoms with Crippen LogP contribution in [0.1, 0.15) is 89.5 Å². The maximum absolute atomic E-state index is 13.2. The molecule has 0 rings (SSSR count). The molecule has 0 saturated carbocycles. The van der Waals surface area contributed by atoms with Gasteiger partial charge in [-0.05, 0) is 41.4 Å². The maximum atomic E-state index is 13.2. The molecule has 2 atom stereocenters. The standard InChI is InChI=1S/C22H44OS/c1-14(2)17(7)13-18(8)24-20(23)22(11,12)21(9,10)19(15(3)4)16(5)6/h14-19H,13H2,1-12H3. The van der Waals surface area contributed by atoms with E-state index in [-0.39, 0.29) is 10.8 Å². The highest BCUT2D eigenvalue weighted by molar-refractivity contribution is 8.14. The van der Waals surface area contributed by atoms with Crippen molar-refractivity contribution in [3.8, 4) is 0 Å². The number of rotatable bonds is 9. The monoisotopic (exact) mass is 356 g/mol. The van der Waals surface area contributed by atoms with E-state index in [1.807, 2.05) is 0 Å². The molecule has 0 N–H and O–H groups in total. The van der Waals surface area contributed by atoms with E-state index in [0.29, 0.717) is 40.0 Å². The normalized spacial score (nSPS) is 16.3. The Hall–Kier alpha value is 0.0200. The van der Waals surface area contributed by atoms with E-state index >= 15 is 0 Å². The van der Waals surface area contributed by atoms with Crippen LogP contribution < -0.4 is 0 Å². The largest absolute Gasteiger partial charge is 0.287 e. The molecule has 0 aliphatic carbocycles. The van der Waals surface area contributed by atoms with Gasteiger partial charge in [0.1, 0.15) is 0 Å². The van der Waals surface area contributed by atoms with Crippen LogP contribution in [0, 0.1) is 40.4 Å². The third-order valence-electron chi connectivity index (χ3n) is 6.54. The topological polar surface area (TPSA) is 17.1 Å². The van der Waals surface area contributed by atoms with Gasteiger partial charge in [0, 0.05) is 10.7 Å². The molecule has 0 spiro atoms. The van der Waals surface area contributed by atoms with Crippen LogP contribution in [-0.2, 0) is 4.79 Å². The van der Waals surface area contributed by atoms with E-state index in [1.165, 1.54) is 0 Å². The lowest BCUT2D eigenvalue weighted by molar-refractivity contribution is -0.128. The van der Waals surface area contributed by atoms with E-state index in [2.05, 4.69) is 83.1 Å². The van der Waals surface area contributed by atoms with Crippen molar-refractivity contribution in [3.05, 3.63) is 0 Å². The summed E-state index contributed by atoms with van der Waals surface area (Å²) in [6.45, 7) is 27.2. The maximum Gasteiger partial charge on any atom is 0.195 e. The van der Waals surface area contributed by atoms with Crippen molar-refractivity contribution in [1.82, 2.24) is 0 Å². The van der Waals surface area contributed by atoms with E-state index < -0.39 is 0 Å². The van der Waals surface area contributed by atoms with E-state index in [9.17, 15) is 4.79 Å². The molecule has 144 valence electrons. The summed E-state index contributed by atoms with van der Waals surface area (Å²) in [7, 11) is 0. The Balaban J connectivity index is 5.23. The molecule has 2 heteroatoms. The van der Waals surface area contributed by atoms with Crippen molar-refractivity contribution in [3.63, 3.8) is 0 Å². The average Bonchev–Trinajstić information content (AvgIpc) is 2.36. The second kappa shape index (κ2) is 9.10. The minimum absolute atomic E-state index is 0.0250. The quantitative estimate of drug-likeness (QED) is 0.431. The molecule has 0 radical (unpaired) electrons. The average molecular weight is 357 g/mol. The fraction of sp³-hybridized carbons (Fsp3) is 0.955. The molecule has 1 nitrogen and oxygen atoms in total. The number of carbonyl (C=O) groups is 1. The second-order valence-corrected chi connectivity index (χ2v) is 11.4. The van der Waals surface area contributed by atoms with Gasteiger partial charge >= 0.3 is 0 Å². The van der Waals surface area contributed by atoms with E-state index in [0.717, 1.165) is 6.42 Å². The molecule has 24 heavy (non-hydrogen) atoms. The van der Waals surface area contributed by atoms with Gasteiger partial charge in [-0.2, -0.15) is 0 Å². The summed E-state index contributed by atoms with van der Waals surface area (Å²) >= 11 is 1.58. The molecule has 0 aliphatic heterocycles. The third kappa shape index (κ3) is 5.78. The van der Waals surface area contributed by atoms with E-state index in [1.54, 1.807) is 11.8 Å². The van der Waals surface area contributed by atoms with Gasteiger partial charge in [0.15, 0.2) is 5.12 Å². The van der Waals surface area contributed by atoms with Crippen molar-refractivity contribution in [1.29, 1.82) is 0 Å². The van der Waals surface area contributed by atoms with Gasteiger partial charge in [-0.1, -0.05) is 94.8 Å². The van der Waals surface area contributed by atoms with Crippen molar-refractivity contribution >= 4 is 16.9 Å². The number of thioether (sulfide) groups is 1. The lowest BCUT2D eigenvalue weighted by atomic mass is 9.56. The Bertz CT molecular complexity index is 385. The van der Waals surface area contributed by atoms with Gasteiger partial charge in [-0.15, -0.1) is 0 Å². The first-order valence-electron chi connectivity index (χ1n) is 9.87. The molecule has 0 heterocycles. The summed E-state index contributed by atoms with van der Waals surface area (Å²) < 4.78 is 0. The molecular weight excluding hydrogens is 312 g/mol. The SMILES string of the molecule is CC(CC(C)C(C)C)SC(=O)C(C)(C)C(C)(C)C(C(C)C)C(C)C. The highest BCUT2D eigenvalue weighted by Crippen LogP contribution is 2.52. The van der Waals surface area contributed by atoms with Crippen LogP contribution in [0.3, 0.4) is 0 Å². The van der Waals surface area contributed by atoms with Crippen LogP contribution in [0.4, 0.5) is 0 Å². The van der Waals surface area contributed by atoms with Crippen LogP contribution >= 0.6 is 11.8 Å². The van der Waals surface area contributed by atoms with Gasteiger partial charge < -0.3 is 0 Å². The number of hydrogen-bond donors (Lipinski definition) is 0. The summed E-state index contributed by atoms with van der Waals surface area (Å²) in [5.74, 6) is 3.03. The summed E-state index contributed by atoms with van der Waals surface area (Å²) in [6, 6.07) is 0. The van der Waals surface area contributed by atoms with E-state index in [4.69, 9.17) is 0 Å². The summed E-state index contributed by atoms with van der Waals surface area (Å²) in [6.07, 6.45) is 1.11. The highest BCUT2D eigenvalue weighted by Gasteiger charge is 2.49. The molecule has 2 unspecified atom stereocenters. The molecule has 0 aliphatic rings. The Morgan fingerprint density at radius 1 is 0.792 bits per heavy atom. The molecule has 0 amide bonds. The minimum Gasteiger partial charge on any atom is -0.287 e. The number of hydrogen-bond acceptors (Lipinski definition) is 2. The van der Waals surface area contributed by atoms with Gasteiger partial charge in [0.05, 0.1) is 0 Å². The second-order valence-electron chi connectivity index (χ2n) is 10.0. The van der Waals surface area contributed by atoms with Crippen LogP contribution in [-0.4, -0.2) is 10.4 Å². The van der Waals surface area contributed by atoms with Crippen LogP contribution in [0.25, 0.3) is 0 Å². The van der Waals surface area contributed by atoms with Gasteiger partial charge in [-0.3, -0.25) is 4.79 Å². The Labute approximate surface area is 157 Å². The molecular formula is C22H44OS. The molecule has 0 aromatic carbocycles. The first kappa shape index (κ1) is 24.0. The predicted molar refractivity (Wildman–Crippen MR) is 111 cm³/mol. The molecule has 0 saturated heterocycles. The Kier molecular flexibility index (Phi) is 9.11. The zero-order valence-electron chi connectivity index (χ0n) is 18.5.